The molecular weight excluding hydrogens is 228 g/mol. The number of fused-ring (bicyclic) bond motifs is 1. The largest absolute Gasteiger partial charge is 0.496 e. The van der Waals surface area contributed by atoms with Crippen LogP contribution in [0.3, 0.4) is 0 Å². The normalized spacial score (nSPS) is 10.7. The number of nitrogens with two attached hydrogens (primary N) is 1. The average Bonchev–Trinajstić information content (AvgIpc) is 2.82. The van der Waals surface area contributed by atoms with Crippen molar-refractivity contribution in [3.8, 4) is 17.2 Å². The molecule has 0 saturated heterocycles. The number of oxazole rings is 1. The summed E-state index contributed by atoms with van der Waals surface area (Å²) in [6, 6.07) is 13.0. The molecule has 0 fully saturated rings. The Morgan fingerprint density at radius 3 is 2.78 bits per heavy atom. The van der Waals surface area contributed by atoms with E-state index in [1.807, 2.05) is 24.3 Å². The maximum atomic E-state index is 5.79. The molecule has 1 heterocycles. The average molecular weight is 240 g/mol. The van der Waals surface area contributed by atoms with Gasteiger partial charge in [0.15, 0.2) is 5.58 Å². The maximum absolute atomic E-state index is 5.79. The Morgan fingerprint density at radius 2 is 2.00 bits per heavy atom. The van der Waals surface area contributed by atoms with Gasteiger partial charge in [0, 0.05) is 5.69 Å². The van der Waals surface area contributed by atoms with Gasteiger partial charge in [0.1, 0.15) is 11.3 Å². The number of ether oxygens (including phenoxy) is 1. The molecule has 4 nitrogen and oxygen atoms in total. The third-order valence-electron chi connectivity index (χ3n) is 2.75. The Morgan fingerprint density at radius 1 is 1.17 bits per heavy atom. The SMILES string of the molecule is COc1ccc(N)cc1-c1nc2ccccc2o1. The molecule has 0 aliphatic rings. The quantitative estimate of drug-likeness (QED) is 0.699. The van der Waals surface area contributed by atoms with E-state index < -0.39 is 0 Å². The Bertz CT molecular complexity index is 671. The van der Waals surface area contributed by atoms with Crippen molar-refractivity contribution in [2.45, 2.75) is 0 Å². The monoisotopic (exact) mass is 240 g/mol. The summed E-state index contributed by atoms with van der Waals surface area (Å²) in [5.41, 5.74) is 8.76. The summed E-state index contributed by atoms with van der Waals surface area (Å²) in [6.45, 7) is 0. The van der Waals surface area contributed by atoms with E-state index >= 15 is 0 Å². The molecule has 4 heteroatoms. The highest BCUT2D eigenvalue weighted by molar-refractivity contribution is 5.78. The minimum Gasteiger partial charge on any atom is -0.496 e. The van der Waals surface area contributed by atoms with E-state index in [0.29, 0.717) is 17.3 Å². The molecule has 1 aromatic heterocycles. The van der Waals surface area contributed by atoms with Crippen LogP contribution in [0.4, 0.5) is 5.69 Å². The van der Waals surface area contributed by atoms with Crippen LogP contribution in [0.15, 0.2) is 46.9 Å². The first kappa shape index (κ1) is 10.7. The van der Waals surface area contributed by atoms with E-state index in [1.54, 1.807) is 25.3 Å². The second kappa shape index (κ2) is 4.07. The number of hydrogen-bond acceptors (Lipinski definition) is 4. The summed E-state index contributed by atoms with van der Waals surface area (Å²) in [6.07, 6.45) is 0. The van der Waals surface area contributed by atoms with Gasteiger partial charge in [-0.3, -0.25) is 0 Å². The lowest BCUT2D eigenvalue weighted by Gasteiger charge is -2.05. The molecule has 3 aromatic rings. The zero-order valence-corrected chi connectivity index (χ0v) is 9.88. The van der Waals surface area contributed by atoms with E-state index in [4.69, 9.17) is 14.9 Å². The Balaban J connectivity index is 2.22. The highest BCUT2D eigenvalue weighted by atomic mass is 16.5. The van der Waals surface area contributed by atoms with Crippen molar-refractivity contribution in [2.24, 2.45) is 0 Å². The van der Waals surface area contributed by atoms with Gasteiger partial charge in [0.2, 0.25) is 5.89 Å². The third kappa shape index (κ3) is 1.68. The second-order valence-electron chi connectivity index (χ2n) is 3.95. The summed E-state index contributed by atoms with van der Waals surface area (Å²) in [5, 5.41) is 0. The van der Waals surface area contributed by atoms with Crippen LogP contribution in [0.25, 0.3) is 22.6 Å². The first-order valence-electron chi connectivity index (χ1n) is 5.57. The fourth-order valence-electron chi connectivity index (χ4n) is 1.88. The van der Waals surface area contributed by atoms with E-state index in [1.165, 1.54) is 0 Å². The molecule has 0 radical (unpaired) electrons. The predicted molar refractivity (Wildman–Crippen MR) is 70.4 cm³/mol. The highest BCUT2D eigenvalue weighted by Gasteiger charge is 2.13. The van der Waals surface area contributed by atoms with Gasteiger partial charge < -0.3 is 14.9 Å². The van der Waals surface area contributed by atoms with Gasteiger partial charge in [-0.25, -0.2) is 4.98 Å². The number of nitrogen functional groups attached to an aromatic ring is 1. The van der Waals surface area contributed by atoms with Crippen LogP contribution in [0.5, 0.6) is 5.75 Å². The van der Waals surface area contributed by atoms with Crippen LogP contribution in [0.2, 0.25) is 0 Å². The fourth-order valence-corrected chi connectivity index (χ4v) is 1.88. The Labute approximate surface area is 104 Å². The van der Waals surface area contributed by atoms with Crippen molar-refractivity contribution in [3.63, 3.8) is 0 Å². The van der Waals surface area contributed by atoms with Crippen LogP contribution in [-0.2, 0) is 0 Å². The fraction of sp³-hybridized carbons (Fsp3) is 0.0714. The number of nitrogens with zero attached hydrogens (tertiary/aromatic N) is 1. The highest BCUT2D eigenvalue weighted by Crippen LogP contribution is 2.32. The number of hydrogen-bond donors (Lipinski definition) is 1. The number of methoxy groups -OCH3 is 1. The van der Waals surface area contributed by atoms with Crippen molar-refractivity contribution < 1.29 is 9.15 Å². The lowest BCUT2D eigenvalue weighted by molar-refractivity contribution is 0.415. The molecule has 0 spiro atoms. The molecule has 2 aromatic carbocycles. The number of benzene rings is 2. The standard InChI is InChI=1S/C14H12N2O2/c1-17-12-7-6-9(15)8-10(12)14-16-11-4-2-3-5-13(11)18-14/h2-8H,15H2,1H3. The van der Waals surface area contributed by atoms with Crippen molar-refractivity contribution in [1.82, 2.24) is 4.98 Å². The zero-order valence-electron chi connectivity index (χ0n) is 9.88. The van der Waals surface area contributed by atoms with E-state index in [0.717, 1.165) is 16.7 Å². The first-order chi connectivity index (χ1) is 8.78. The van der Waals surface area contributed by atoms with Crippen molar-refractivity contribution in [3.05, 3.63) is 42.5 Å². The molecular formula is C14H12N2O2. The minimum atomic E-state index is 0.514. The lowest BCUT2D eigenvalue weighted by Crippen LogP contribution is -1.91. The van der Waals surface area contributed by atoms with Crippen LogP contribution in [0, 0.1) is 0 Å². The summed E-state index contributed by atoms with van der Waals surface area (Å²) in [5.74, 6) is 1.20. The number of aromatic nitrogens is 1. The van der Waals surface area contributed by atoms with Gasteiger partial charge in [-0.15, -0.1) is 0 Å². The van der Waals surface area contributed by atoms with Gasteiger partial charge in [-0.1, -0.05) is 12.1 Å². The Kier molecular flexibility index (Phi) is 2.41. The zero-order chi connectivity index (χ0) is 12.5. The van der Waals surface area contributed by atoms with Crippen LogP contribution in [-0.4, -0.2) is 12.1 Å². The molecule has 2 N–H and O–H groups in total. The summed E-state index contributed by atoms with van der Waals surface area (Å²) in [7, 11) is 1.61. The molecule has 0 bridgehead atoms. The van der Waals surface area contributed by atoms with Crippen molar-refractivity contribution >= 4 is 16.8 Å². The number of anilines is 1. The number of para-hydroxylation sites is 2. The van der Waals surface area contributed by atoms with E-state index in [-0.39, 0.29) is 0 Å². The molecule has 0 unspecified atom stereocenters. The van der Waals surface area contributed by atoms with Crippen LogP contribution < -0.4 is 10.5 Å². The third-order valence-corrected chi connectivity index (χ3v) is 2.75. The van der Waals surface area contributed by atoms with Gasteiger partial charge in [-0.2, -0.15) is 0 Å². The predicted octanol–water partition coefficient (Wildman–Crippen LogP) is 3.09. The molecule has 0 atom stereocenters. The molecule has 0 aliphatic heterocycles. The molecule has 0 saturated carbocycles. The van der Waals surface area contributed by atoms with Crippen LogP contribution >= 0.6 is 0 Å². The van der Waals surface area contributed by atoms with Gasteiger partial charge in [-0.05, 0) is 30.3 Å². The van der Waals surface area contributed by atoms with E-state index in [9.17, 15) is 0 Å². The first-order valence-corrected chi connectivity index (χ1v) is 5.57. The summed E-state index contributed by atoms with van der Waals surface area (Å²) >= 11 is 0. The topological polar surface area (TPSA) is 61.3 Å². The van der Waals surface area contributed by atoms with E-state index in [2.05, 4.69) is 4.98 Å². The van der Waals surface area contributed by atoms with Crippen molar-refractivity contribution in [1.29, 1.82) is 0 Å². The number of rotatable bonds is 2. The molecule has 0 amide bonds. The van der Waals surface area contributed by atoms with Gasteiger partial charge in [0.25, 0.3) is 0 Å². The maximum Gasteiger partial charge on any atom is 0.231 e. The molecule has 90 valence electrons. The Hall–Kier alpha value is -2.49. The molecule has 0 aliphatic carbocycles. The second-order valence-corrected chi connectivity index (χ2v) is 3.95. The summed E-state index contributed by atoms with van der Waals surface area (Å²) < 4.78 is 11.0. The minimum absolute atomic E-state index is 0.514. The van der Waals surface area contributed by atoms with Crippen molar-refractivity contribution in [2.75, 3.05) is 12.8 Å². The smallest absolute Gasteiger partial charge is 0.231 e. The van der Waals surface area contributed by atoms with Gasteiger partial charge in [0.05, 0.1) is 12.7 Å². The molecule has 18 heavy (non-hydrogen) atoms. The lowest BCUT2D eigenvalue weighted by atomic mass is 10.2. The van der Waals surface area contributed by atoms with Crippen LogP contribution in [0.1, 0.15) is 0 Å². The van der Waals surface area contributed by atoms with Gasteiger partial charge >= 0.3 is 0 Å². The molecule has 3 rings (SSSR count). The summed E-state index contributed by atoms with van der Waals surface area (Å²) in [4.78, 5) is 4.43.